The Labute approximate surface area is 107 Å². The summed E-state index contributed by atoms with van der Waals surface area (Å²) >= 11 is 1.66. The molecule has 0 aliphatic rings. The van der Waals surface area contributed by atoms with Crippen LogP contribution in [0.25, 0.3) is 0 Å². The topological polar surface area (TPSA) is 20.2 Å². The highest BCUT2D eigenvalue weighted by Gasteiger charge is 2.14. The predicted molar refractivity (Wildman–Crippen MR) is 73.5 cm³/mol. The van der Waals surface area contributed by atoms with Gasteiger partial charge in [-0.3, -0.25) is 0 Å². The predicted octanol–water partition coefficient (Wildman–Crippen LogP) is 3.90. The van der Waals surface area contributed by atoms with Crippen molar-refractivity contribution in [2.24, 2.45) is 0 Å². The summed E-state index contributed by atoms with van der Waals surface area (Å²) in [4.78, 5) is 1.12. The maximum atomic E-state index is 10.3. The third kappa shape index (κ3) is 2.76. The number of benzene rings is 1. The van der Waals surface area contributed by atoms with Gasteiger partial charge in [0.15, 0.2) is 0 Å². The van der Waals surface area contributed by atoms with Crippen LogP contribution in [0.3, 0.4) is 0 Å². The lowest BCUT2D eigenvalue weighted by Gasteiger charge is -2.12. The van der Waals surface area contributed by atoms with Crippen LogP contribution < -0.4 is 0 Å². The van der Waals surface area contributed by atoms with E-state index in [0.717, 1.165) is 11.3 Å². The molecule has 0 bridgehead atoms. The smallest absolute Gasteiger partial charge is 0.0925 e. The highest BCUT2D eigenvalue weighted by Crippen LogP contribution is 2.28. The Morgan fingerprint density at radius 1 is 1.18 bits per heavy atom. The van der Waals surface area contributed by atoms with Gasteiger partial charge in [-0.2, -0.15) is 0 Å². The van der Waals surface area contributed by atoms with Gasteiger partial charge >= 0.3 is 0 Å². The lowest BCUT2D eigenvalue weighted by atomic mass is 10.00. The monoisotopic (exact) mass is 246 g/mol. The molecule has 0 fully saturated rings. The minimum atomic E-state index is -0.369. The molecule has 17 heavy (non-hydrogen) atoms. The molecule has 0 aliphatic carbocycles. The van der Waals surface area contributed by atoms with E-state index in [1.165, 1.54) is 16.7 Å². The maximum Gasteiger partial charge on any atom is 0.0925 e. The quantitative estimate of drug-likeness (QED) is 0.867. The van der Waals surface area contributed by atoms with E-state index in [2.05, 4.69) is 37.4 Å². The van der Waals surface area contributed by atoms with E-state index < -0.39 is 0 Å². The Morgan fingerprint density at radius 3 is 2.65 bits per heavy atom. The van der Waals surface area contributed by atoms with Crippen molar-refractivity contribution >= 4 is 11.3 Å². The molecule has 1 aromatic carbocycles. The fourth-order valence-corrected chi connectivity index (χ4v) is 3.06. The van der Waals surface area contributed by atoms with Crippen LogP contribution in [-0.2, 0) is 12.8 Å². The van der Waals surface area contributed by atoms with Gasteiger partial charge in [-0.15, -0.1) is 11.3 Å². The number of hydrogen-bond donors (Lipinski definition) is 1. The van der Waals surface area contributed by atoms with Crippen molar-refractivity contribution in [2.45, 2.75) is 32.8 Å². The summed E-state index contributed by atoms with van der Waals surface area (Å²) in [5.74, 6) is 0. The standard InChI is InChI=1S/C15H18OS/c1-3-12-8-9-17-15(12)14(16)10-13-7-5-4-6-11(13)2/h4-9,14,16H,3,10H2,1-2H3. The van der Waals surface area contributed by atoms with Crippen LogP contribution in [0.1, 0.15) is 34.6 Å². The number of thiophene rings is 1. The van der Waals surface area contributed by atoms with Gasteiger partial charge in [0.25, 0.3) is 0 Å². The minimum absolute atomic E-state index is 0.369. The lowest BCUT2D eigenvalue weighted by molar-refractivity contribution is 0.181. The number of rotatable bonds is 4. The van der Waals surface area contributed by atoms with Gasteiger partial charge in [-0.05, 0) is 41.5 Å². The first-order valence-electron chi connectivity index (χ1n) is 6.01. The van der Waals surface area contributed by atoms with Crippen molar-refractivity contribution in [3.8, 4) is 0 Å². The van der Waals surface area contributed by atoms with Crippen LogP contribution in [-0.4, -0.2) is 5.11 Å². The van der Waals surface area contributed by atoms with Crippen molar-refractivity contribution in [1.29, 1.82) is 0 Å². The van der Waals surface area contributed by atoms with E-state index in [9.17, 15) is 5.11 Å². The van der Waals surface area contributed by atoms with Crippen molar-refractivity contribution in [1.82, 2.24) is 0 Å². The third-order valence-corrected chi connectivity index (χ3v) is 4.20. The van der Waals surface area contributed by atoms with E-state index in [1.807, 2.05) is 12.1 Å². The zero-order valence-corrected chi connectivity index (χ0v) is 11.1. The zero-order chi connectivity index (χ0) is 12.3. The Hall–Kier alpha value is -1.12. The van der Waals surface area contributed by atoms with E-state index in [1.54, 1.807) is 11.3 Å². The summed E-state index contributed by atoms with van der Waals surface area (Å²) in [7, 11) is 0. The summed E-state index contributed by atoms with van der Waals surface area (Å²) in [6.07, 6.45) is 1.33. The average Bonchev–Trinajstić information content (AvgIpc) is 2.80. The molecule has 2 rings (SSSR count). The van der Waals surface area contributed by atoms with Crippen LogP contribution in [0.4, 0.5) is 0 Å². The van der Waals surface area contributed by atoms with Crippen molar-refractivity contribution in [3.63, 3.8) is 0 Å². The third-order valence-electron chi connectivity index (χ3n) is 3.14. The zero-order valence-electron chi connectivity index (χ0n) is 10.3. The second-order valence-corrected chi connectivity index (χ2v) is 5.26. The summed E-state index contributed by atoms with van der Waals surface area (Å²) in [5, 5.41) is 12.4. The molecule has 1 aromatic heterocycles. The number of hydrogen-bond acceptors (Lipinski definition) is 2. The normalized spacial score (nSPS) is 12.6. The molecular weight excluding hydrogens is 228 g/mol. The first-order chi connectivity index (χ1) is 8.22. The minimum Gasteiger partial charge on any atom is -0.387 e. The number of aliphatic hydroxyl groups is 1. The summed E-state index contributed by atoms with van der Waals surface area (Å²) in [6, 6.07) is 10.4. The largest absolute Gasteiger partial charge is 0.387 e. The first-order valence-corrected chi connectivity index (χ1v) is 6.89. The van der Waals surface area contributed by atoms with E-state index in [4.69, 9.17) is 0 Å². The highest BCUT2D eigenvalue weighted by atomic mass is 32.1. The van der Waals surface area contributed by atoms with E-state index >= 15 is 0 Å². The van der Waals surface area contributed by atoms with Gasteiger partial charge in [0.2, 0.25) is 0 Å². The Bertz CT molecular complexity index is 487. The van der Waals surface area contributed by atoms with E-state index in [-0.39, 0.29) is 6.10 Å². The van der Waals surface area contributed by atoms with Crippen molar-refractivity contribution < 1.29 is 5.11 Å². The van der Waals surface area contributed by atoms with Gasteiger partial charge in [-0.1, -0.05) is 31.2 Å². The van der Waals surface area contributed by atoms with Crippen molar-refractivity contribution in [2.75, 3.05) is 0 Å². The highest BCUT2D eigenvalue weighted by molar-refractivity contribution is 7.10. The number of aryl methyl sites for hydroxylation is 2. The molecule has 0 radical (unpaired) electrons. The molecule has 1 atom stereocenters. The van der Waals surface area contributed by atoms with Crippen LogP contribution in [0, 0.1) is 6.92 Å². The molecule has 0 aliphatic heterocycles. The second kappa shape index (κ2) is 5.48. The summed E-state index contributed by atoms with van der Waals surface area (Å²) < 4.78 is 0. The van der Waals surface area contributed by atoms with Gasteiger partial charge in [0.05, 0.1) is 6.10 Å². The number of aliphatic hydroxyl groups excluding tert-OH is 1. The SMILES string of the molecule is CCc1ccsc1C(O)Cc1ccccc1C. The molecule has 2 aromatic rings. The summed E-state index contributed by atoms with van der Waals surface area (Å²) in [6.45, 7) is 4.23. The Balaban J connectivity index is 2.17. The molecule has 2 heteroatoms. The lowest BCUT2D eigenvalue weighted by Crippen LogP contribution is -2.03. The van der Waals surface area contributed by atoms with Gasteiger partial charge < -0.3 is 5.11 Å². The molecule has 1 heterocycles. The second-order valence-electron chi connectivity index (χ2n) is 4.31. The Morgan fingerprint density at radius 2 is 1.94 bits per heavy atom. The van der Waals surface area contributed by atoms with Crippen LogP contribution in [0.5, 0.6) is 0 Å². The van der Waals surface area contributed by atoms with Gasteiger partial charge in [-0.25, -0.2) is 0 Å². The summed E-state index contributed by atoms with van der Waals surface area (Å²) in [5.41, 5.74) is 3.76. The fourth-order valence-electron chi connectivity index (χ4n) is 2.07. The van der Waals surface area contributed by atoms with Gasteiger partial charge in [0, 0.05) is 11.3 Å². The van der Waals surface area contributed by atoms with Crippen LogP contribution >= 0.6 is 11.3 Å². The maximum absolute atomic E-state index is 10.3. The van der Waals surface area contributed by atoms with Gasteiger partial charge in [0.1, 0.15) is 0 Å². The average molecular weight is 246 g/mol. The molecule has 0 saturated heterocycles. The molecule has 1 N–H and O–H groups in total. The molecule has 0 saturated carbocycles. The first kappa shape index (κ1) is 12.3. The Kier molecular flexibility index (Phi) is 3.97. The molecule has 0 amide bonds. The van der Waals surface area contributed by atoms with E-state index in [0.29, 0.717) is 6.42 Å². The molecular formula is C15H18OS. The molecule has 1 unspecified atom stereocenters. The molecule has 90 valence electrons. The fraction of sp³-hybridized carbons (Fsp3) is 0.333. The molecule has 1 nitrogen and oxygen atoms in total. The van der Waals surface area contributed by atoms with Crippen molar-refractivity contribution in [3.05, 3.63) is 57.3 Å². The van der Waals surface area contributed by atoms with Crippen LogP contribution in [0.2, 0.25) is 0 Å². The van der Waals surface area contributed by atoms with Crippen LogP contribution in [0.15, 0.2) is 35.7 Å². The molecule has 0 spiro atoms.